The molecule has 1 saturated carbocycles. The summed E-state index contributed by atoms with van der Waals surface area (Å²) < 4.78 is 13.4. The van der Waals surface area contributed by atoms with Crippen molar-refractivity contribution in [2.75, 3.05) is 24.3 Å². The minimum absolute atomic E-state index is 0.0561. The molecular weight excluding hydrogens is 386 g/mol. The van der Waals surface area contributed by atoms with Gasteiger partial charge in [0.05, 0.1) is 16.8 Å². The van der Waals surface area contributed by atoms with Crippen LogP contribution in [-0.2, 0) is 4.79 Å². The quantitative estimate of drug-likeness (QED) is 0.621. The number of thioether (sulfide) groups is 1. The molecule has 2 heterocycles. The topological polar surface area (TPSA) is 65.4 Å². The lowest BCUT2D eigenvalue weighted by atomic mass is 10.2. The average Bonchev–Trinajstić information content (AvgIpc) is 3.39. The van der Waals surface area contributed by atoms with Gasteiger partial charge in [-0.2, -0.15) is 0 Å². The van der Waals surface area contributed by atoms with Gasteiger partial charge in [0, 0.05) is 10.9 Å². The molecule has 1 amide bonds. The number of benzene rings is 2. The summed E-state index contributed by atoms with van der Waals surface area (Å²) in [6.45, 7) is 1.13. The number of fused-ring (bicyclic) bond motifs is 2. The van der Waals surface area contributed by atoms with Crippen LogP contribution in [0.25, 0.3) is 11.0 Å². The summed E-state index contributed by atoms with van der Waals surface area (Å²) in [6.07, 6.45) is 4.72. The van der Waals surface area contributed by atoms with E-state index in [0.717, 1.165) is 40.3 Å². The van der Waals surface area contributed by atoms with Crippen LogP contribution in [0.3, 0.4) is 0 Å². The Bertz CT molecular complexity index is 1040. The molecule has 1 fully saturated rings. The van der Waals surface area contributed by atoms with Gasteiger partial charge in [-0.25, -0.2) is 4.98 Å². The van der Waals surface area contributed by atoms with Gasteiger partial charge < -0.3 is 14.0 Å². The number of aromatic nitrogens is 2. The fraction of sp³-hybridized carbons (Fsp3) is 0.364. The van der Waals surface area contributed by atoms with Gasteiger partial charge >= 0.3 is 0 Å². The molecule has 1 aromatic heterocycles. The minimum Gasteiger partial charge on any atom is -0.486 e. The molecule has 29 heavy (non-hydrogen) atoms. The Labute approximate surface area is 173 Å². The summed E-state index contributed by atoms with van der Waals surface area (Å²) in [4.78, 5) is 18.4. The molecule has 0 radical (unpaired) electrons. The number of carbonyl (C=O) groups is 1. The van der Waals surface area contributed by atoms with Crippen LogP contribution in [0.2, 0.25) is 0 Å². The van der Waals surface area contributed by atoms with E-state index in [1.165, 1.54) is 24.6 Å². The standard InChI is InChI=1S/C22H23N3O3S/c26-21(14-29-16-9-10-19-20(13-16)28-12-11-27-19)24-22-23-17-7-3-4-8-18(17)25(22)15-5-1-2-6-15/h3-4,7-10,13,15H,1-2,5-6,11-12,14H2,(H,23,24,26). The number of hydrogen-bond donors (Lipinski definition) is 1. The van der Waals surface area contributed by atoms with Crippen LogP contribution in [0, 0.1) is 0 Å². The maximum absolute atomic E-state index is 12.7. The first kappa shape index (κ1) is 18.4. The molecule has 1 aliphatic heterocycles. The second-order valence-electron chi connectivity index (χ2n) is 7.37. The molecule has 2 aromatic carbocycles. The van der Waals surface area contributed by atoms with Gasteiger partial charge in [-0.1, -0.05) is 25.0 Å². The highest BCUT2D eigenvalue weighted by atomic mass is 32.2. The summed E-state index contributed by atoms with van der Waals surface area (Å²) >= 11 is 1.48. The summed E-state index contributed by atoms with van der Waals surface area (Å²) in [5.74, 6) is 2.42. The minimum atomic E-state index is -0.0561. The van der Waals surface area contributed by atoms with E-state index in [9.17, 15) is 4.79 Å². The molecular formula is C22H23N3O3S. The summed E-state index contributed by atoms with van der Waals surface area (Å²) in [6, 6.07) is 14.3. The monoisotopic (exact) mass is 409 g/mol. The molecule has 150 valence electrons. The predicted octanol–water partition coefficient (Wildman–Crippen LogP) is 4.65. The van der Waals surface area contributed by atoms with Crippen molar-refractivity contribution in [3.8, 4) is 11.5 Å². The van der Waals surface area contributed by atoms with Gasteiger partial charge in [0.15, 0.2) is 11.5 Å². The number of rotatable bonds is 5. The van der Waals surface area contributed by atoms with Crippen LogP contribution < -0.4 is 14.8 Å². The number of anilines is 1. The molecule has 6 nitrogen and oxygen atoms in total. The van der Waals surface area contributed by atoms with Crippen LogP contribution in [0.4, 0.5) is 5.95 Å². The molecule has 0 saturated heterocycles. The fourth-order valence-corrected chi connectivity index (χ4v) is 4.81. The maximum atomic E-state index is 12.7. The summed E-state index contributed by atoms with van der Waals surface area (Å²) in [7, 11) is 0. The van der Waals surface area contributed by atoms with Gasteiger partial charge in [0.1, 0.15) is 13.2 Å². The van der Waals surface area contributed by atoms with Crippen molar-refractivity contribution >= 4 is 34.7 Å². The van der Waals surface area contributed by atoms with Crippen LogP contribution in [0.5, 0.6) is 11.5 Å². The van der Waals surface area contributed by atoms with E-state index in [0.29, 0.717) is 31.0 Å². The first-order valence-corrected chi connectivity index (χ1v) is 11.1. The highest BCUT2D eigenvalue weighted by molar-refractivity contribution is 8.00. The Morgan fingerprint density at radius 1 is 1.10 bits per heavy atom. The molecule has 0 atom stereocenters. The number of para-hydroxylation sites is 2. The van der Waals surface area contributed by atoms with E-state index in [2.05, 4.69) is 16.0 Å². The Balaban J connectivity index is 1.30. The Hall–Kier alpha value is -2.67. The molecule has 0 bridgehead atoms. The predicted molar refractivity (Wildman–Crippen MR) is 114 cm³/mol. The van der Waals surface area contributed by atoms with E-state index < -0.39 is 0 Å². The maximum Gasteiger partial charge on any atom is 0.237 e. The third-order valence-corrected chi connectivity index (χ3v) is 6.41. The highest BCUT2D eigenvalue weighted by Crippen LogP contribution is 2.36. The second kappa shape index (κ2) is 7.99. The van der Waals surface area contributed by atoms with Crippen LogP contribution in [0.1, 0.15) is 31.7 Å². The Morgan fingerprint density at radius 3 is 2.76 bits per heavy atom. The molecule has 2 aliphatic rings. The largest absolute Gasteiger partial charge is 0.486 e. The first-order chi connectivity index (χ1) is 14.3. The van der Waals surface area contributed by atoms with Crippen molar-refractivity contribution in [2.24, 2.45) is 0 Å². The number of hydrogen-bond acceptors (Lipinski definition) is 5. The third kappa shape index (κ3) is 3.79. The highest BCUT2D eigenvalue weighted by Gasteiger charge is 2.23. The van der Waals surface area contributed by atoms with E-state index in [1.54, 1.807) is 0 Å². The zero-order valence-electron chi connectivity index (χ0n) is 16.1. The van der Waals surface area contributed by atoms with Gasteiger partial charge in [0.2, 0.25) is 11.9 Å². The number of nitrogens with zero attached hydrogens (tertiary/aromatic N) is 2. The van der Waals surface area contributed by atoms with E-state index in [1.807, 2.05) is 36.4 Å². The Kier molecular flexibility index (Phi) is 5.06. The smallest absolute Gasteiger partial charge is 0.237 e. The van der Waals surface area contributed by atoms with Crippen LogP contribution in [0.15, 0.2) is 47.4 Å². The number of ether oxygens (including phenoxy) is 2. The van der Waals surface area contributed by atoms with Gasteiger partial charge in [-0.3, -0.25) is 10.1 Å². The van der Waals surface area contributed by atoms with Crippen LogP contribution >= 0.6 is 11.8 Å². The first-order valence-electron chi connectivity index (χ1n) is 10.1. The van der Waals surface area contributed by atoms with Crippen molar-refractivity contribution in [1.82, 2.24) is 9.55 Å². The zero-order valence-corrected chi connectivity index (χ0v) is 16.9. The molecule has 5 rings (SSSR count). The molecule has 7 heteroatoms. The van der Waals surface area contributed by atoms with E-state index in [4.69, 9.17) is 14.5 Å². The fourth-order valence-electron chi connectivity index (χ4n) is 4.09. The lowest BCUT2D eigenvalue weighted by Gasteiger charge is -2.18. The SMILES string of the molecule is O=C(CSc1ccc2c(c1)OCCO2)Nc1nc2ccccc2n1C1CCCC1. The lowest BCUT2D eigenvalue weighted by Crippen LogP contribution is -2.19. The lowest BCUT2D eigenvalue weighted by molar-refractivity contribution is -0.113. The van der Waals surface area contributed by atoms with Crippen molar-refractivity contribution in [2.45, 2.75) is 36.6 Å². The molecule has 1 N–H and O–H groups in total. The van der Waals surface area contributed by atoms with Crippen molar-refractivity contribution in [3.05, 3.63) is 42.5 Å². The normalized spacial score (nSPS) is 16.3. The average molecular weight is 410 g/mol. The number of amides is 1. The molecule has 0 spiro atoms. The van der Waals surface area contributed by atoms with E-state index in [-0.39, 0.29) is 5.91 Å². The van der Waals surface area contributed by atoms with Crippen molar-refractivity contribution in [3.63, 3.8) is 0 Å². The Morgan fingerprint density at radius 2 is 1.90 bits per heavy atom. The van der Waals surface area contributed by atoms with Crippen molar-refractivity contribution in [1.29, 1.82) is 0 Å². The summed E-state index contributed by atoms with van der Waals surface area (Å²) in [5, 5.41) is 3.05. The van der Waals surface area contributed by atoms with E-state index >= 15 is 0 Å². The summed E-state index contributed by atoms with van der Waals surface area (Å²) in [5.41, 5.74) is 2.02. The number of carbonyl (C=O) groups excluding carboxylic acids is 1. The third-order valence-electron chi connectivity index (χ3n) is 5.42. The van der Waals surface area contributed by atoms with Gasteiger partial charge in [-0.15, -0.1) is 11.8 Å². The van der Waals surface area contributed by atoms with Gasteiger partial charge in [-0.05, 0) is 43.2 Å². The molecule has 0 unspecified atom stereocenters. The molecule has 1 aliphatic carbocycles. The number of nitrogens with one attached hydrogen (secondary N) is 1. The van der Waals surface area contributed by atoms with Gasteiger partial charge in [0.25, 0.3) is 0 Å². The number of imidazole rings is 1. The second-order valence-corrected chi connectivity index (χ2v) is 8.42. The van der Waals surface area contributed by atoms with Crippen molar-refractivity contribution < 1.29 is 14.3 Å². The molecule has 3 aromatic rings. The van der Waals surface area contributed by atoms with Crippen LogP contribution in [-0.4, -0.2) is 34.4 Å². The zero-order chi connectivity index (χ0) is 19.6.